The van der Waals surface area contributed by atoms with Crippen LogP contribution in [0.25, 0.3) is 0 Å². The number of rotatable bonds is 5. The Morgan fingerprint density at radius 2 is 2.29 bits per heavy atom. The molecule has 21 heavy (non-hydrogen) atoms. The highest BCUT2D eigenvalue weighted by Crippen LogP contribution is 2.21. The maximum absolute atomic E-state index is 12.3. The Morgan fingerprint density at radius 1 is 1.52 bits per heavy atom. The number of amides is 1. The second-order valence-electron chi connectivity index (χ2n) is 5.11. The maximum atomic E-state index is 12.3. The number of thiophene rings is 1. The van der Waals surface area contributed by atoms with Crippen LogP contribution in [-0.2, 0) is 14.8 Å². The van der Waals surface area contributed by atoms with Crippen LogP contribution in [0.2, 0.25) is 0 Å². The first-order valence-electron chi connectivity index (χ1n) is 6.87. The lowest BCUT2D eigenvalue weighted by atomic mass is 10.0. The van der Waals surface area contributed by atoms with Gasteiger partial charge in [0.2, 0.25) is 5.91 Å². The summed E-state index contributed by atoms with van der Waals surface area (Å²) in [5.74, 6) is -0.253. The number of hydrogen-bond acceptors (Lipinski definition) is 5. The predicted octanol–water partition coefficient (Wildman–Crippen LogP) is 0.742. The second kappa shape index (κ2) is 6.87. The summed E-state index contributed by atoms with van der Waals surface area (Å²) in [6.07, 6.45) is 2.64. The Hall–Kier alpha value is -0.960. The zero-order valence-electron chi connectivity index (χ0n) is 11.9. The first kappa shape index (κ1) is 16.4. The molecule has 6 nitrogen and oxygen atoms in total. The molecule has 1 amide bonds. The van der Waals surface area contributed by atoms with Crippen LogP contribution in [0.15, 0.2) is 21.7 Å². The van der Waals surface area contributed by atoms with E-state index in [1.165, 1.54) is 13.1 Å². The van der Waals surface area contributed by atoms with Crippen LogP contribution in [0.1, 0.15) is 19.3 Å². The van der Waals surface area contributed by atoms with Crippen LogP contribution in [0.4, 0.5) is 0 Å². The van der Waals surface area contributed by atoms with Crippen molar-refractivity contribution >= 4 is 27.3 Å². The molecule has 1 fully saturated rings. The molecular formula is C13H20N2O4S2. The summed E-state index contributed by atoms with van der Waals surface area (Å²) in [4.78, 5) is 13.9. The molecule has 2 rings (SSSR count). The van der Waals surface area contributed by atoms with Gasteiger partial charge >= 0.3 is 0 Å². The van der Waals surface area contributed by atoms with Crippen LogP contribution in [0.5, 0.6) is 0 Å². The Morgan fingerprint density at radius 3 is 2.90 bits per heavy atom. The number of aliphatic hydroxyl groups is 1. The van der Waals surface area contributed by atoms with Crippen molar-refractivity contribution in [3.05, 3.63) is 17.5 Å². The van der Waals surface area contributed by atoms with Gasteiger partial charge in [0.15, 0.2) is 0 Å². The highest BCUT2D eigenvalue weighted by molar-refractivity contribution is 7.91. The minimum absolute atomic E-state index is 0.0763. The molecule has 0 aliphatic carbocycles. The number of likely N-dealkylation sites (tertiary alicyclic amines) is 1. The van der Waals surface area contributed by atoms with Crippen molar-refractivity contribution in [3.8, 4) is 0 Å². The fourth-order valence-corrected chi connectivity index (χ4v) is 4.77. The number of aliphatic hydroxyl groups excluding tert-OH is 1. The number of sulfonamides is 1. The first-order chi connectivity index (χ1) is 9.96. The molecule has 0 spiro atoms. The molecule has 0 bridgehead atoms. The van der Waals surface area contributed by atoms with E-state index in [1.54, 1.807) is 16.3 Å². The first-order valence-corrected chi connectivity index (χ1v) is 9.19. The zero-order chi connectivity index (χ0) is 15.5. The van der Waals surface area contributed by atoms with Gasteiger partial charge in [-0.25, -0.2) is 8.42 Å². The molecule has 1 aromatic heterocycles. The minimum atomic E-state index is -3.61. The van der Waals surface area contributed by atoms with Crippen LogP contribution in [-0.4, -0.2) is 61.4 Å². The molecule has 2 heterocycles. The van der Waals surface area contributed by atoms with Gasteiger partial charge in [-0.15, -0.1) is 11.3 Å². The molecule has 118 valence electrons. The van der Waals surface area contributed by atoms with E-state index >= 15 is 0 Å². The minimum Gasteiger partial charge on any atom is -0.394 e. The molecule has 0 radical (unpaired) electrons. The van der Waals surface area contributed by atoms with Crippen LogP contribution >= 0.6 is 11.3 Å². The van der Waals surface area contributed by atoms with Gasteiger partial charge in [-0.1, -0.05) is 6.07 Å². The Kier molecular flexibility index (Phi) is 5.37. The molecule has 1 N–H and O–H groups in total. The van der Waals surface area contributed by atoms with Gasteiger partial charge in [0.05, 0.1) is 19.2 Å². The van der Waals surface area contributed by atoms with E-state index in [1.807, 2.05) is 0 Å². The van der Waals surface area contributed by atoms with Crippen molar-refractivity contribution < 1.29 is 18.3 Å². The van der Waals surface area contributed by atoms with E-state index in [0.717, 1.165) is 34.9 Å². The van der Waals surface area contributed by atoms with E-state index in [9.17, 15) is 18.3 Å². The van der Waals surface area contributed by atoms with E-state index in [0.29, 0.717) is 6.54 Å². The van der Waals surface area contributed by atoms with Gasteiger partial charge < -0.3 is 10.0 Å². The third-order valence-corrected chi connectivity index (χ3v) is 6.85. The van der Waals surface area contributed by atoms with Gasteiger partial charge in [-0.2, -0.15) is 4.31 Å². The fraction of sp³-hybridized carbons (Fsp3) is 0.615. The Bertz CT molecular complexity index is 571. The fourth-order valence-electron chi connectivity index (χ4n) is 2.45. The second-order valence-corrected chi connectivity index (χ2v) is 8.33. The van der Waals surface area contributed by atoms with Crippen LogP contribution in [0.3, 0.4) is 0 Å². The van der Waals surface area contributed by atoms with E-state index in [4.69, 9.17) is 0 Å². The summed E-state index contributed by atoms with van der Waals surface area (Å²) in [6.45, 7) is 0.306. The van der Waals surface area contributed by atoms with E-state index in [-0.39, 0.29) is 29.3 Å². The standard InChI is InChI=1S/C13H20N2O4S2/c1-14(21(18,19)13-6-4-8-20-13)9-12(17)15-7-3-2-5-11(15)10-16/h4,6,8,11,16H,2-3,5,7,9-10H2,1H3. The monoisotopic (exact) mass is 332 g/mol. The van der Waals surface area contributed by atoms with Crippen molar-refractivity contribution in [2.75, 3.05) is 26.7 Å². The van der Waals surface area contributed by atoms with E-state index < -0.39 is 10.0 Å². The van der Waals surface area contributed by atoms with Crippen LogP contribution < -0.4 is 0 Å². The van der Waals surface area contributed by atoms with Gasteiger partial charge in [0.25, 0.3) is 10.0 Å². The van der Waals surface area contributed by atoms with Crippen molar-refractivity contribution in [1.29, 1.82) is 0 Å². The predicted molar refractivity (Wildman–Crippen MR) is 80.6 cm³/mol. The number of hydrogen-bond donors (Lipinski definition) is 1. The number of likely N-dealkylation sites (N-methyl/N-ethyl adjacent to an activating group) is 1. The molecule has 1 aromatic rings. The highest BCUT2D eigenvalue weighted by atomic mass is 32.2. The van der Waals surface area contributed by atoms with Gasteiger partial charge in [0, 0.05) is 13.6 Å². The van der Waals surface area contributed by atoms with Gasteiger partial charge in [-0.05, 0) is 30.7 Å². The largest absolute Gasteiger partial charge is 0.394 e. The van der Waals surface area contributed by atoms with Gasteiger partial charge in [0.1, 0.15) is 4.21 Å². The summed E-state index contributed by atoms with van der Waals surface area (Å²) in [6, 6.07) is 3.00. The lowest BCUT2D eigenvalue weighted by Gasteiger charge is -2.35. The summed E-state index contributed by atoms with van der Waals surface area (Å²) in [5, 5.41) is 11.0. The maximum Gasteiger partial charge on any atom is 0.252 e. The summed E-state index contributed by atoms with van der Waals surface area (Å²) < 4.78 is 25.9. The SMILES string of the molecule is CN(CC(=O)N1CCCCC1CO)S(=O)(=O)c1cccs1. The normalized spacial score (nSPS) is 20.0. The lowest BCUT2D eigenvalue weighted by Crippen LogP contribution is -2.49. The number of piperidine rings is 1. The molecule has 1 atom stereocenters. The van der Waals surface area contributed by atoms with Crippen molar-refractivity contribution in [2.45, 2.75) is 29.5 Å². The summed E-state index contributed by atoms with van der Waals surface area (Å²) in [5.41, 5.74) is 0. The Balaban J connectivity index is 2.05. The van der Waals surface area contributed by atoms with Gasteiger partial charge in [-0.3, -0.25) is 4.79 Å². The van der Waals surface area contributed by atoms with Crippen molar-refractivity contribution in [1.82, 2.24) is 9.21 Å². The highest BCUT2D eigenvalue weighted by Gasteiger charge is 2.30. The van der Waals surface area contributed by atoms with Crippen molar-refractivity contribution in [3.63, 3.8) is 0 Å². The molecule has 1 aliphatic heterocycles. The molecule has 0 saturated carbocycles. The lowest BCUT2D eigenvalue weighted by molar-refractivity contribution is -0.135. The average Bonchev–Trinajstić information content (AvgIpc) is 3.01. The molecule has 1 unspecified atom stereocenters. The Labute approximate surface area is 129 Å². The summed E-state index contributed by atoms with van der Waals surface area (Å²) in [7, 11) is -2.20. The zero-order valence-corrected chi connectivity index (χ0v) is 13.6. The number of nitrogens with zero attached hydrogens (tertiary/aromatic N) is 2. The smallest absolute Gasteiger partial charge is 0.252 e. The third kappa shape index (κ3) is 3.63. The number of carbonyl (C=O) groups excluding carboxylic acids is 1. The molecule has 8 heteroatoms. The quantitative estimate of drug-likeness (QED) is 0.863. The molecule has 0 aromatic carbocycles. The topological polar surface area (TPSA) is 77.9 Å². The van der Waals surface area contributed by atoms with E-state index in [2.05, 4.69) is 0 Å². The average molecular weight is 332 g/mol. The van der Waals surface area contributed by atoms with Crippen molar-refractivity contribution in [2.24, 2.45) is 0 Å². The molecule has 1 aliphatic rings. The number of carbonyl (C=O) groups is 1. The molecule has 1 saturated heterocycles. The summed E-state index contributed by atoms with van der Waals surface area (Å²) >= 11 is 1.13. The van der Waals surface area contributed by atoms with Crippen LogP contribution in [0, 0.1) is 0 Å². The molecular weight excluding hydrogens is 312 g/mol. The third-order valence-electron chi connectivity index (χ3n) is 3.68.